The van der Waals surface area contributed by atoms with E-state index >= 15 is 0 Å². The molecule has 2 N–H and O–H groups in total. The molecule has 16 heavy (non-hydrogen) atoms. The largest absolute Gasteiger partial charge is 0.496 e. The normalized spacial score (nSPS) is 11.9. The third-order valence-electron chi connectivity index (χ3n) is 2.07. The van der Waals surface area contributed by atoms with Gasteiger partial charge in [-0.1, -0.05) is 12.2 Å². The number of methoxy groups -OCH3 is 1. The van der Waals surface area contributed by atoms with Gasteiger partial charge in [-0.15, -0.1) is 0 Å². The van der Waals surface area contributed by atoms with E-state index in [2.05, 4.69) is 0 Å². The summed E-state index contributed by atoms with van der Waals surface area (Å²) in [5, 5.41) is 0. The van der Waals surface area contributed by atoms with E-state index in [1.54, 1.807) is 24.3 Å². The lowest BCUT2D eigenvalue weighted by molar-refractivity contribution is 0.412. The maximum absolute atomic E-state index is 11.3. The molecule has 0 amide bonds. The van der Waals surface area contributed by atoms with E-state index in [0.717, 1.165) is 11.8 Å². The van der Waals surface area contributed by atoms with E-state index in [1.165, 1.54) is 13.2 Å². The molecule has 4 nitrogen and oxygen atoms in total. The van der Waals surface area contributed by atoms with Gasteiger partial charge in [-0.2, -0.15) is 0 Å². The summed E-state index contributed by atoms with van der Waals surface area (Å²) in [5.74, 6) is 0.521. The number of ether oxygens (including phenoxy) is 1. The van der Waals surface area contributed by atoms with Crippen molar-refractivity contribution in [2.45, 2.75) is 4.90 Å². The van der Waals surface area contributed by atoms with Gasteiger partial charge in [0.15, 0.2) is 9.84 Å². The Bertz CT molecular complexity index is 492. The second kappa shape index (κ2) is 5.14. The van der Waals surface area contributed by atoms with Crippen LogP contribution in [0, 0.1) is 0 Å². The monoisotopic (exact) mass is 241 g/mol. The van der Waals surface area contributed by atoms with Gasteiger partial charge in [0, 0.05) is 18.4 Å². The first-order valence-corrected chi connectivity index (χ1v) is 6.63. The Morgan fingerprint density at radius 3 is 2.62 bits per heavy atom. The Labute approximate surface area is 95.6 Å². The average Bonchev–Trinajstić information content (AvgIpc) is 2.24. The highest BCUT2D eigenvalue weighted by atomic mass is 32.2. The number of benzene rings is 1. The number of hydrogen-bond donors (Lipinski definition) is 1. The van der Waals surface area contributed by atoms with Gasteiger partial charge in [0.25, 0.3) is 0 Å². The van der Waals surface area contributed by atoms with Crippen LogP contribution in [0.1, 0.15) is 5.56 Å². The third kappa shape index (κ3) is 3.08. The molecule has 0 aliphatic carbocycles. The van der Waals surface area contributed by atoms with Crippen LogP contribution < -0.4 is 10.5 Å². The van der Waals surface area contributed by atoms with Crippen molar-refractivity contribution in [1.82, 2.24) is 0 Å². The van der Waals surface area contributed by atoms with Crippen LogP contribution in [0.25, 0.3) is 6.08 Å². The summed E-state index contributed by atoms with van der Waals surface area (Å²) >= 11 is 0. The molecule has 0 heterocycles. The van der Waals surface area contributed by atoms with E-state index in [9.17, 15) is 8.42 Å². The van der Waals surface area contributed by atoms with E-state index in [0.29, 0.717) is 12.3 Å². The highest BCUT2D eigenvalue weighted by Crippen LogP contribution is 2.23. The van der Waals surface area contributed by atoms with Crippen molar-refractivity contribution in [2.75, 3.05) is 19.9 Å². The smallest absolute Gasteiger partial charge is 0.175 e. The zero-order chi connectivity index (χ0) is 12.2. The Balaban J connectivity index is 3.22. The fraction of sp³-hybridized carbons (Fsp3) is 0.273. The van der Waals surface area contributed by atoms with Crippen LogP contribution in [0.3, 0.4) is 0 Å². The molecule has 0 spiro atoms. The number of nitrogens with two attached hydrogens (primary N) is 1. The molecule has 0 fully saturated rings. The lowest BCUT2D eigenvalue weighted by Crippen LogP contribution is -1.98. The molecule has 88 valence electrons. The molecule has 1 aromatic rings. The molecule has 0 unspecified atom stereocenters. The third-order valence-corrected chi connectivity index (χ3v) is 3.18. The first-order chi connectivity index (χ1) is 7.49. The molecule has 0 radical (unpaired) electrons. The predicted molar refractivity (Wildman–Crippen MR) is 64.2 cm³/mol. The Morgan fingerprint density at radius 2 is 2.12 bits per heavy atom. The van der Waals surface area contributed by atoms with Crippen molar-refractivity contribution in [3.05, 3.63) is 29.8 Å². The number of rotatable bonds is 4. The first kappa shape index (κ1) is 12.7. The van der Waals surface area contributed by atoms with Crippen molar-refractivity contribution < 1.29 is 13.2 Å². The lowest BCUT2D eigenvalue weighted by Gasteiger charge is -2.06. The molecule has 0 bridgehead atoms. The van der Waals surface area contributed by atoms with Crippen molar-refractivity contribution in [2.24, 2.45) is 5.73 Å². The van der Waals surface area contributed by atoms with Crippen LogP contribution in [0.5, 0.6) is 5.75 Å². The molecule has 0 saturated heterocycles. The molecular weight excluding hydrogens is 226 g/mol. The van der Waals surface area contributed by atoms with Crippen LogP contribution in [-0.2, 0) is 9.84 Å². The summed E-state index contributed by atoms with van der Waals surface area (Å²) in [5.41, 5.74) is 6.15. The molecule has 0 atom stereocenters. The number of sulfone groups is 1. The zero-order valence-electron chi connectivity index (χ0n) is 9.30. The summed E-state index contributed by atoms with van der Waals surface area (Å²) in [6, 6.07) is 4.75. The molecular formula is C11H15NO3S. The topological polar surface area (TPSA) is 69.4 Å². The number of hydrogen-bond acceptors (Lipinski definition) is 4. The molecule has 0 aliphatic heterocycles. The van der Waals surface area contributed by atoms with Gasteiger partial charge in [-0.25, -0.2) is 8.42 Å². The first-order valence-electron chi connectivity index (χ1n) is 4.73. The minimum atomic E-state index is -3.20. The second-order valence-electron chi connectivity index (χ2n) is 3.31. The standard InChI is InChI=1S/C11H15NO3S/c1-15-11-8-10(16(2,13)14)6-5-9(11)4-3-7-12/h3-6,8H,7,12H2,1-2H3/b4-3+. The maximum Gasteiger partial charge on any atom is 0.175 e. The average molecular weight is 241 g/mol. The summed E-state index contributed by atoms with van der Waals surface area (Å²) in [7, 11) is -1.70. The van der Waals surface area contributed by atoms with Gasteiger partial charge in [0.1, 0.15) is 5.75 Å². The van der Waals surface area contributed by atoms with E-state index in [-0.39, 0.29) is 4.90 Å². The second-order valence-corrected chi connectivity index (χ2v) is 5.33. The van der Waals surface area contributed by atoms with Gasteiger partial charge >= 0.3 is 0 Å². The fourth-order valence-corrected chi connectivity index (χ4v) is 1.89. The summed E-state index contributed by atoms with van der Waals surface area (Å²) in [4.78, 5) is 0.245. The van der Waals surface area contributed by atoms with E-state index in [1.807, 2.05) is 0 Å². The van der Waals surface area contributed by atoms with Crippen LogP contribution >= 0.6 is 0 Å². The Hall–Kier alpha value is -1.33. The molecule has 1 rings (SSSR count). The van der Waals surface area contributed by atoms with Crippen molar-refractivity contribution in [3.63, 3.8) is 0 Å². The highest BCUT2D eigenvalue weighted by Gasteiger charge is 2.09. The summed E-state index contributed by atoms with van der Waals surface area (Å²) in [6.45, 7) is 0.428. The summed E-state index contributed by atoms with van der Waals surface area (Å²) < 4.78 is 27.8. The molecule has 0 aromatic heterocycles. The molecule has 5 heteroatoms. The van der Waals surface area contributed by atoms with Gasteiger partial charge < -0.3 is 10.5 Å². The van der Waals surface area contributed by atoms with Crippen LogP contribution in [0.15, 0.2) is 29.2 Å². The van der Waals surface area contributed by atoms with Gasteiger partial charge in [0.2, 0.25) is 0 Å². The van der Waals surface area contributed by atoms with Crippen LogP contribution in [0.2, 0.25) is 0 Å². The molecule has 1 aromatic carbocycles. The SMILES string of the molecule is COc1cc(S(C)(=O)=O)ccc1/C=C/CN. The van der Waals surface area contributed by atoms with Gasteiger partial charge in [0.05, 0.1) is 12.0 Å². The highest BCUT2D eigenvalue weighted by molar-refractivity contribution is 7.90. The van der Waals surface area contributed by atoms with Gasteiger partial charge in [-0.05, 0) is 18.2 Å². The van der Waals surface area contributed by atoms with Crippen molar-refractivity contribution in [1.29, 1.82) is 0 Å². The maximum atomic E-state index is 11.3. The van der Waals surface area contributed by atoms with E-state index in [4.69, 9.17) is 10.5 Å². The van der Waals surface area contributed by atoms with E-state index < -0.39 is 9.84 Å². The molecule has 0 aliphatic rings. The minimum absolute atomic E-state index is 0.245. The van der Waals surface area contributed by atoms with Crippen LogP contribution in [-0.4, -0.2) is 28.3 Å². The quantitative estimate of drug-likeness (QED) is 0.856. The van der Waals surface area contributed by atoms with Crippen molar-refractivity contribution >= 4 is 15.9 Å². The summed E-state index contributed by atoms with van der Waals surface area (Å²) in [6.07, 6.45) is 4.74. The van der Waals surface area contributed by atoms with Gasteiger partial charge in [-0.3, -0.25) is 0 Å². The Kier molecular flexibility index (Phi) is 4.09. The predicted octanol–water partition coefficient (Wildman–Crippen LogP) is 1.07. The fourth-order valence-electron chi connectivity index (χ4n) is 1.25. The van der Waals surface area contributed by atoms with Crippen molar-refractivity contribution in [3.8, 4) is 5.75 Å². The Morgan fingerprint density at radius 1 is 1.44 bits per heavy atom. The minimum Gasteiger partial charge on any atom is -0.496 e. The lowest BCUT2D eigenvalue weighted by atomic mass is 10.2. The van der Waals surface area contributed by atoms with Crippen LogP contribution in [0.4, 0.5) is 0 Å². The molecule has 0 saturated carbocycles. The zero-order valence-corrected chi connectivity index (χ0v) is 10.1.